The van der Waals surface area contributed by atoms with Crippen LogP contribution in [0, 0.1) is 0 Å². The summed E-state index contributed by atoms with van der Waals surface area (Å²) >= 11 is 0. The molecule has 0 unspecified atom stereocenters. The number of ether oxygens (including phenoxy) is 5. The van der Waals surface area contributed by atoms with Gasteiger partial charge in [0.1, 0.15) is 25.2 Å². The molecule has 2 heterocycles. The van der Waals surface area contributed by atoms with Gasteiger partial charge in [-0.2, -0.15) is 13.2 Å². The van der Waals surface area contributed by atoms with E-state index in [2.05, 4.69) is 4.72 Å². The lowest BCUT2D eigenvalue weighted by atomic mass is 9.92. The predicted octanol–water partition coefficient (Wildman–Crippen LogP) is 5.29. The first kappa shape index (κ1) is 32.1. The standard InChI is InChI=1S/C31H31F3N2O8S/c1-40-9-10-42-19-44-28-6-4-25(17-27(28)35-45(2,38)39)36-8-7-21-13-20(3-5-26(21)30(36)37)22-14-23(29-18-41-11-12-43-29)16-24(15-22)31(32,33)34/h3-6,13-18,35H,7-12,19H2,1-2H3. The number of amides is 1. The Balaban J connectivity index is 1.41. The van der Waals surface area contributed by atoms with E-state index in [4.69, 9.17) is 23.7 Å². The maximum atomic E-state index is 13.8. The molecule has 0 radical (unpaired) electrons. The minimum atomic E-state index is -4.59. The van der Waals surface area contributed by atoms with E-state index in [1.54, 1.807) is 30.3 Å². The minimum Gasteiger partial charge on any atom is -0.494 e. The van der Waals surface area contributed by atoms with E-state index < -0.39 is 21.8 Å². The summed E-state index contributed by atoms with van der Waals surface area (Å²) in [6.45, 7) is 1.28. The highest BCUT2D eigenvalue weighted by atomic mass is 32.2. The molecule has 2 aliphatic rings. The summed E-state index contributed by atoms with van der Waals surface area (Å²) in [5, 5.41) is 0. The number of nitrogens with zero attached hydrogens (tertiary/aromatic N) is 1. The average molecular weight is 649 g/mol. The van der Waals surface area contributed by atoms with Gasteiger partial charge in [0.15, 0.2) is 12.6 Å². The number of rotatable bonds is 11. The molecule has 45 heavy (non-hydrogen) atoms. The van der Waals surface area contributed by atoms with Gasteiger partial charge in [0.05, 0.1) is 30.7 Å². The van der Waals surface area contributed by atoms with Crippen LogP contribution in [0.25, 0.3) is 16.9 Å². The van der Waals surface area contributed by atoms with Crippen molar-refractivity contribution in [3.63, 3.8) is 0 Å². The van der Waals surface area contributed by atoms with E-state index in [9.17, 15) is 26.4 Å². The Morgan fingerprint density at radius 2 is 1.78 bits per heavy atom. The number of benzene rings is 3. The number of nitrogens with one attached hydrogen (secondary N) is 1. The van der Waals surface area contributed by atoms with E-state index in [1.807, 2.05) is 0 Å². The van der Waals surface area contributed by atoms with Crippen LogP contribution in [0.3, 0.4) is 0 Å². The molecule has 10 nitrogen and oxygen atoms in total. The van der Waals surface area contributed by atoms with Gasteiger partial charge >= 0.3 is 6.18 Å². The van der Waals surface area contributed by atoms with Gasteiger partial charge < -0.3 is 28.6 Å². The number of anilines is 2. The van der Waals surface area contributed by atoms with E-state index in [-0.39, 0.29) is 55.2 Å². The largest absolute Gasteiger partial charge is 0.494 e. The van der Waals surface area contributed by atoms with Crippen molar-refractivity contribution in [2.75, 3.05) is 62.8 Å². The fourth-order valence-corrected chi connectivity index (χ4v) is 5.49. The Morgan fingerprint density at radius 1 is 0.978 bits per heavy atom. The second-order valence-electron chi connectivity index (χ2n) is 10.3. The molecule has 3 aromatic rings. The molecular formula is C31H31F3N2O8S. The molecule has 14 heteroatoms. The monoisotopic (exact) mass is 648 g/mol. The zero-order valence-corrected chi connectivity index (χ0v) is 25.3. The number of hydrogen-bond acceptors (Lipinski definition) is 8. The smallest absolute Gasteiger partial charge is 0.416 e. The predicted molar refractivity (Wildman–Crippen MR) is 160 cm³/mol. The number of carbonyl (C=O) groups is 1. The highest BCUT2D eigenvalue weighted by molar-refractivity contribution is 7.92. The second-order valence-corrected chi connectivity index (χ2v) is 12.0. The number of halogens is 3. The normalized spacial score (nSPS) is 15.1. The molecule has 0 aromatic heterocycles. The number of methoxy groups -OCH3 is 1. The van der Waals surface area contributed by atoms with E-state index >= 15 is 0 Å². The van der Waals surface area contributed by atoms with Gasteiger partial charge in [-0.15, -0.1) is 0 Å². The van der Waals surface area contributed by atoms with Crippen LogP contribution in [-0.4, -0.2) is 67.5 Å². The van der Waals surface area contributed by atoms with Gasteiger partial charge in [0.2, 0.25) is 10.0 Å². The van der Waals surface area contributed by atoms with Crippen LogP contribution in [0.2, 0.25) is 0 Å². The molecule has 240 valence electrons. The Kier molecular flexibility index (Phi) is 9.56. The van der Waals surface area contributed by atoms with Crippen molar-refractivity contribution in [3.05, 3.63) is 83.1 Å². The lowest BCUT2D eigenvalue weighted by Crippen LogP contribution is -2.37. The van der Waals surface area contributed by atoms with Gasteiger partial charge in [-0.1, -0.05) is 12.1 Å². The van der Waals surface area contributed by atoms with E-state index in [1.165, 1.54) is 30.4 Å². The van der Waals surface area contributed by atoms with Crippen molar-refractivity contribution in [3.8, 4) is 16.9 Å². The summed E-state index contributed by atoms with van der Waals surface area (Å²) < 4.78 is 94.5. The van der Waals surface area contributed by atoms with Gasteiger partial charge in [-0.3, -0.25) is 9.52 Å². The number of alkyl halides is 3. The first-order chi connectivity index (χ1) is 21.4. The molecule has 0 saturated heterocycles. The zero-order chi connectivity index (χ0) is 32.2. The van der Waals surface area contributed by atoms with Gasteiger partial charge in [-0.05, 0) is 65.6 Å². The quantitative estimate of drug-likeness (QED) is 0.221. The third-order valence-electron chi connectivity index (χ3n) is 7.01. The van der Waals surface area contributed by atoms with Gasteiger partial charge in [0.25, 0.3) is 5.91 Å². The van der Waals surface area contributed by atoms with Crippen molar-refractivity contribution in [2.45, 2.75) is 12.6 Å². The summed E-state index contributed by atoms with van der Waals surface area (Å²) in [7, 11) is -2.15. The fraction of sp³-hybridized carbons (Fsp3) is 0.323. The Bertz CT molecular complexity index is 1710. The van der Waals surface area contributed by atoms with E-state index in [0.717, 1.165) is 18.4 Å². The number of hydrogen-bond donors (Lipinski definition) is 1. The van der Waals surface area contributed by atoms with Crippen LogP contribution in [-0.2, 0) is 41.6 Å². The number of carbonyl (C=O) groups excluding carboxylic acids is 1. The van der Waals surface area contributed by atoms with Crippen molar-refractivity contribution >= 4 is 33.1 Å². The minimum absolute atomic E-state index is 0.127. The third-order valence-corrected chi connectivity index (χ3v) is 7.60. The Hall–Kier alpha value is -4.27. The number of fused-ring (bicyclic) bond motifs is 1. The molecule has 5 rings (SSSR count). The van der Waals surface area contributed by atoms with Crippen LogP contribution >= 0.6 is 0 Å². The maximum Gasteiger partial charge on any atom is 0.416 e. The molecule has 1 N–H and O–H groups in total. The molecule has 0 spiro atoms. The summed E-state index contributed by atoms with van der Waals surface area (Å²) in [5.74, 6) is 0.0713. The van der Waals surface area contributed by atoms with Crippen LogP contribution in [0.1, 0.15) is 27.0 Å². The summed E-state index contributed by atoms with van der Waals surface area (Å²) in [6.07, 6.45) is -1.88. The zero-order valence-electron chi connectivity index (χ0n) is 24.5. The van der Waals surface area contributed by atoms with Gasteiger partial charge in [-0.25, -0.2) is 8.42 Å². The molecule has 0 aliphatic carbocycles. The lowest BCUT2D eigenvalue weighted by molar-refractivity contribution is -0.137. The Morgan fingerprint density at radius 3 is 2.49 bits per heavy atom. The van der Waals surface area contributed by atoms with Gasteiger partial charge in [0, 0.05) is 30.5 Å². The molecule has 0 bridgehead atoms. The van der Waals surface area contributed by atoms with Crippen LogP contribution in [0.4, 0.5) is 24.5 Å². The van der Waals surface area contributed by atoms with Crippen LogP contribution < -0.4 is 14.4 Å². The van der Waals surface area contributed by atoms with Crippen LogP contribution in [0.5, 0.6) is 5.75 Å². The summed E-state index contributed by atoms with van der Waals surface area (Å²) in [6, 6.07) is 13.2. The van der Waals surface area contributed by atoms with Crippen LogP contribution in [0.15, 0.2) is 60.9 Å². The highest BCUT2D eigenvalue weighted by Crippen LogP contribution is 2.38. The fourth-order valence-electron chi connectivity index (χ4n) is 4.93. The first-order valence-corrected chi connectivity index (χ1v) is 15.8. The number of sulfonamides is 1. The molecule has 0 fully saturated rings. The molecule has 2 aliphatic heterocycles. The molecular weight excluding hydrogens is 617 g/mol. The van der Waals surface area contributed by atoms with Crippen molar-refractivity contribution in [1.29, 1.82) is 0 Å². The average Bonchev–Trinajstić information content (AvgIpc) is 3.00. The molecule has 1 amide bonds. The topological polar surface area (TPSA) is 113 Å². The Labute approximate surface area is 258 Å². The van der Waals surface area contributed by atoms with Crippen molar-refractivity contribution in [1.82, 2.24) is 0 Å². The lowest BCUT2D eigenvalue weighted by Gasteiger charge is -2.29. The van der Waals surface area contributed by atoms with Crippen molar-refractivity contribution < 1.29 is 50.1 Å². The molecule has 0 saturated carbocycles. The van der Waals surface area contributed by atoms with Crippen molar-refractivity contribution in [2.24, 2.45) is 0 Å². The SMILES string of the molecule is COCCOCOc1ccc(N2CCc3cc(-c4cc(C5=COCCO5)cc(C(F)(F)F)c4)ccc3C2=O)cc1NS(C)(=O)=O. The highest BCUT2D eigenvalue weighted by Gasteiger charge is 2.32. The molecule has 3 aromatic carbocycles. The first-order valence-electron chi connectivity index (χ1n) is 13.9. The molecule has 0 atom stereocenters. The maximum absolute atomic E-state index is 13.8. The van der Waals surface area contributed by atoms with E-state index in [0.29, 0.717) is 47.6 Å². The summed E-state index contributed by atoms with van der Waals surface area (Å²) in [4.78, 5) is 15.1. The second kappa shape index (κ2) is 13.4. The summed E-state index contributed by atoms with van der Waals surface area (Å²) in [5.41, 5.74) is 1.82. The third kappa shape index (κ3) is 7.88.